The fraction of sp³-hybridized carbons (Fsp3) is 0.438. The van der Waals surface area contributed by atoms with Gasteiger partial charge in [0.05, 0.1) is 11.1 Å². The first-order chi connectivity index (χ1) is 12.5. The van der Waals surface area contributed by atoms with Crippen LogP contribution in [0.4, 0.5) is 0 Å². The number of hydrogen-bond acceptors (Lipinski definition) is 6. The van der Waals surface area contributed by atoms with E-state index in [0.29, 0.717) is 50.2 Å². The van der Waals surface area contributed by atoms with Crippen LogP contribution in [0.15, 0.2) is 29.4 Å². The average molecular weight is 435 g/mol. The normalized spacial score (nSPS) is 20.1. The van der Waals surface area contributed by atoms with E-state index < -0.39 is 16.1 Å². The number of aromatic nitrogens is 2. The van der Waals surface area contributed by atoms with E-state index in [1.54, 1.807) is 12.4 Å². The predicted octanol–water partition coefficient (Wildman–Crippen LogP) is 1.60. The third kappa shape index (κ3) is 3.62. The minimum absolute atomic E-state index is 0. The SMILES string of the molecule is Cl.Cn1ccnc1C1CNCCN1S(=O)(=O)c1cc2c(cc1Cl)OCCO2. The van der Waals surface area contributed by atoms with Crippen LogP contribution in [-0.2, 0) is 17.1 Å². The van der Waals surface area contributed by atoms with Crippen LogP contribution >= 0.6 is 24.0 Å². The summed E-state index contributed by atoms with van der Waals surface area (Å²) in [6.45, 7) is 2.14. The molecular formula is C16H20Cl2N4O4S. The number of nitrogens with zero attached hydrogens (tertiary/aromatic N) is 3. The maximum atomic E-state index is 13.4. The van der Waals surface area contributed by atoms with Crippen molar-refractivity contribution in [2.75, 3.05) is 32.8 Å². The largest absolute Gasteiger partial charge is 0.486 e. The Morgan fingerprint density at radius 3 is 2.63 bits per heavy atom. The van der Waals surface area contributed by atoms with Crippen LogP contribution < -0.4 is 14.8 Å². The number of halogens is 2. The second-order valence-corrected chi connectivity index (χ2v) is 8.42. The molecule has 1 aromatic heterocycles. The van der Waals surface area contributed by atoms with E-state index in [0.717, 1.165) is 0 Å². The van der Waals surface area contributed by atoms with Crippen molar-refractivity contribution >= 4 is 34.0 Å². The van der Waals surface area contributed by atoms with Crippen molar-refractivity contribution in [2.45, 2.75) is 10.9 Å². The molecule has 2 aromatic rings. The Morgan fingerprint density at radius 2 is 1.96 bits per heavy atom. The van der Waals surface area contributed by atoms with Gasteiger partial charge >= 0.3 is 0 Å². The highest BCUT2D eigenvalue weighted by atomic mass is 35.5. The standard InChI is InChI=1S/C16H19ClN4O4S.ClH/c1-20-4-3-19-16(20)12-10-18-2-5-21(12)26(22,23)15-9-14-13(8-11(15)17)24-6-7-25-14;/h3-4,8-9,12,18H,2,5-7,10H2,1H3;1H. The number of sulfonamides is 1. The molecule has 0 bridgehead atoms. The summed E-state index contributed by atoms with van der Waals surface area (Å²) in [5.74, 6) is 1.53. The molecule has 3 heterocycles. The quantitative estimate of drug-likeness (QED) is 0.789. The molecule has 0 radical (unpaired) electrons. The molecule has 1 fully saturated rings. The van der Waals surface area contributed by atoms with E-state index in [4.69, 9.17) is 21.1 Å². The highest BCUT2D eigenvalue weighted by molar-refractivity contribution is 7.89. The third-order valence-electron chi connectivity index (χ3n) is 4.53. The average Bonchev–Trinajstić information content (AvgIpc) is 3.07. The highest BCUT2D eigenvalue weighted by Crippen LogP contribution is 2.39. The predicted molar refractivity (Wildman–Crippen MR) is 102 cm³/mol. The van der Waals surface area contributed by atoms with Gasteiger partial charge < -0.3 is 19.4 Å². The summed E-state index contributed by atoms with van der Waals surface area (Å²) in [5, 5.41) is 3.35. The fourth-order valence-corrected chi connectivity index (χ4v) is 5.36. The summed E-state index contributed by atoms with van der Waals surface area (Å²) in [6, 6.07) is 2.53. The Labute approximate surface area is 168 Å². The van der Waals surface area contributed by atoms with Crippen LogP contribution in [0.2, 0.25) is 5.02 Å². The first-order valence-electron chi connectivity index (χ1n) is 8.27. The Balaban J connectivity index is 0.00000210. The summed E-state index contributed by atoms with van der Waals surface area (Å²) < 4.78 is 41.1. The number of benzene rings is 1. The molecule has 1 saturated heterocycles. The summed E-state index contributed by atoms with van der Waals surface area (Å²) in [5.41, 5.74) is 0. The van der Waals surface area contributed by atoms with Gasteiger partial charge in [0.2, 0.25) is 10.0 Å². The van der Waals surface area contributed by atoms with Crippen molar-refractivity contribution in [3.63, 3.8) is 0 Å². The molecule has 0 spiro atoms. The van der Waals surface area contributed by atoms with E-state index in [1.807, 2.05) is 11.6 Å². The smallest absolute Gasteiger partial charge is 0.245 e. The molecular weight excluding hydrogens is 415 g/mol. The molecule has 2 aliphatic rings. The molecule has 1 unspecified atom stereocenters. The summed E-state index contributed by atoms with van der Waals surface area (Å²) >= 11 is 6.29. The van der Waals surface area contributed by atoms with E-state index >= 15 is 0 Å². The lowest BCUT2D eigenvalue weighted by molar-refractivity contribution is 0.171. The van der Waals surface area contributed by atoms with E-state index in [9.17, 15) is 8.42 Å². The van der Waals surface area contributed by atoms with Gasteiger partial charge in [-0.2, -0.15) is 4.31 Å². The van der Waals surface area contributed by atoms with Crippen molar-refractivity contribution in [1.82, 2.24) is 19.2 Å². The van der Waals surface area contributed by atoms with Gasteiger partial charge in [0.15, 0.2) is 11.5 Å². The molecule has 27 heavy (non-hydrogen) atoms. The fourth-order valence-electron chi connectivity index (χ4n) is 3.26. The summed E-state index contributed by atoms with van der Waals surface area (Å²) in [6.07, 6.45) is 3.46. The van der Waals surface area contributed by atoms with Gasteiger partial charge in [-0.15, -0.1) is 12.4 Å². The Morgan fingerprint density at radius 1 is 1.26 bits per heavy atom. The molecule has 0 amide bonds. The minimum Gasteiger partial charge on any atom is -0.486 e. The monoisotopic (exact) mass is 434 g/mol. The van der Waals surface area contributed by atoms with Crippen molar-refractivity contribution in [1.29, 1.82) is 0 Å². The maximum Gasteiger partial charge on any atom is 0.245 e. The van der Waals surface area contributed by atoms with Gasteiger partial charge in [0.25, 0.3) is 0 Å². The number of fused-ring (bicyclic) bond motifs is 1. The Kier molecular flexibility index (Phi) is 5.87. The summed E-state index contributed by atoms with van der Waals surface area (Å²) in [4.78, 5) is 4.35. The number of nitrogens with one attached hydrogen (secondary N) is 1. The van der Waals surface area contributed by atoms with Crippen LogP contribution in [0.25, 0.3) is 0 Å². The van der Waals surface area contributed by atoms with Crippen molar-refractivity contribution in [3.8, 4) is 11.5 Å². The topological polar surface area (TPSA) is 85.7 Å². The number of piperazine rings is 1. The first kappa shape index (κ1) is 20.2. The van der Waals surface area contributed by atoms with Crippen LogP contribution in [0.1, 0.15) is 11.9 Å². The second-order valence-electron chi connectivity index (χ2n) is 6.16. The van der Waals surface area contributed by atoms with Crippen LogP contribution in [0, 0.1) is 0 Å². The number of imidazole rings is 1. The Bertz CT molecular complexity index is 934. The van der Waals surface area contributed by atoms with E-state index in [-0.39, 0.29) is 22.3 Å². The number of ether oxygens (including phenoxy) is 2. The lowest BCUT2D eigenvalue weighted by Gasteiger charge is -2.35. The van der Waals surface area contributed by atoms with Gasteiger partial charge in [-0.3, -0.25) is 0 Å². The highest BCUT2D eigenvalue weighted by Gasteiger charge is 2.38. The molecule has 148 valence electrons. The molecule has 0 saturated carbocycles. The van der Waals surface area contributed by atoms with Crippen LogP contribution in [-0.4, -0.2) is 55.1 Å². The molecule has 1 atom stereocenters. The lowest BCUT2D eigenvalue weighted by Crippen LogP contribution is -2.49. The van der Waals surface area contributed by atoms with Crippen LogP contribution in [0.5, 0.6) is 11.5 Å². The molecule has 1 aromatic carbocycles. The van der Waals surface area contributed by atoms with E-state index in [1.165, 1.54) is 16.4 Å². The van der Waals surface area contributed by atoms with E-state index in [2.05, 4.69) is 10.3 Å². The van der Waals surface area contributed by atoms with Crippen molar-refractivity contribution < 1.29 is 17.9 Å². The molecule has 4 rings (SSSR count). The first-order valence-corrected chi connectivity index (χ1v) is 10.1. The van der Waals surface area contributed by atoms with Crippen LogP contribution in [0.3, 0.4) is 0 Å². The zero-order valence-corrected chi connectivity index (χ0v) is 17.0. The van der Waals surface area contributed by atoms with Gasteiger partial charge in [-0.1, -0.05) is 11.6 Å². The summed E-state index contributed by atoms with van der Waals surface area (Å²) in [7, 11) is -2.00. The molecule has 0 aliphatic carbocycles. The van der Waals surface area contributed by atoms with Gasteiger partial charge in [-0.05, 0) is 0 Å². The number of rotatable bonds is 3. The third-order valence-corrected chi connectivity index (χ3v) is 6.91. The molecule has 8 nitrogen and oxygen atoms in total. The van der Waals surface area contributed by atoms with Crippen molar-refractivity contribution in [2.24, 2.45) is 7.05 Å². The zero-order chi connectivity index (χ0) is 18.3. The number of aryl methyl sites for hydroxylation is 1. The molecule has 1 N–H and O–H groups in total. The minimum atomic E-state index is -3.85. The second kappa shape index (κ2) is 7.84. The van der Waals surface area contributed by atoms with Crippen molar-refractivity contribution in [3.05, 3.63) is 35.4 Å². The van der Waals surface area contributed by atoms with Gasteiger partial charge in [0, 0.05) is 51.2 Å². The zero-order valence-electron chi connectivity index (χ0n) is 14.6. The maximum absolute atomic E-state index is 13.4. The van der Waals surface area contributed by atoms with Gasteiger partial charge in [-0.25, -0.2) is 13.4 Å². The molecule has 11 heteroatoms. The van der Waals surface area contributed by atoms with Gasteiger partial charge in [0.1, 0.15) is 23.9 Å². The lowest BCUT2D eigenvalue weighted by atomic mass is 10.2. The Hall–Kier alpha value is -1.52. The number of hydrogen-bond donors (Lipinski definition) is 1. The molecule has 2 aliphatic heterocycles.